The number of ether oxygens (including phenoxy) is 2. The summed E-state index contributed by atoms with van der Waals surface area (Å²) in [7, 11) is 1.34. The quantitative estimate of drug-likeness (QED) is 0.833. The van der Waals surface area contributed by atoms with Crippen LogP contribution in [-0.2, 0) is 4.79 Å². The fraction of sp³-hybridized carbons (Fsp3) is 0.400. The van der Waals surface area contributed by atoms with E-state index in [9.17, 15) is 9.59 Å². The van der Waals surface area contributed by atoms with Gasteiger partial charge in [0.1, 0.15) is 35.5 Å². The number of nitriles is 1. The Kier molecular flexibility index (Phi) is 3.85. The molecule has 0 atom stereocenters. The van der Waals surface area contributed by atoms with Crippen LogP contribution in [0, 0.1) is 16.7 Å². The van der Waals surface area contributed by atoms with Crippen molar-refractivity contribution in [3.8, 4) is 17.6 Å². The van der Waals surface area contributed by atoms with Crippen LogP contribution >= 0.6 is 0 Å². The molecule has 0 amide bonds. The van der Waals surface area contributed by atoms with E-state index >= 15 is 0 Å². The average molecular weight is 289 g/mol. The highest BCUT2D eigenvalue weighted by Crippen LogP contribution is 2.42. The maximum absolute atomic E-state index is 11.2. The molecule has 6 heteroatoms. The van der Waals surface area contributed by atoms with Crippen molar-refractivity contribution in [2.75, 3.05) is 7.11 Å². The molecule has 0 bridgehead atoms. The van der Waals surface area contributed by atoms with Crippen molar-refractivity contribution in [2.24, 2.45) is 5.41 Å². The second-order valence-electron chi connectivity index (χ2n) is 5.39. The van der Waals surface area contributed by atoms with Crippen LogP contribution in [0.25, 0.3) is 0 Å². The van der Waals surface area contributed by atoms with E-state index in [0.717, 1.165) is 6.29 Å². The van der Waals surface area contributed by atoms with Gasteiger partial charge < -0.3 is 19.4 Å². The molecule has 6 nitrogen and oxygen atoms in total. The zero-order valence-corrected chi connectivity index (χ0v) is 11.8. The molecule has 1 N–H and O–H groups in total. The average Bonchev–Trinajstić information content (AvgIpc) is 2.44. The molecule has 1 aliphatic carbocycles. The Bertz CT molecular complexity index is 626. The molecule has 0 aliphatic heterocycles. The second kappa shape index (κ2) is 5.44. The van der Waals surface area contributed by atoms with E-state index in [0.29, 0.717) is 12.8 Å². The number of aromatic carboxylic acids is 1. The summed E-state index contributed by atoms with van der Waals surface area (Å²) in [5, 5.41) is 18.3. The normalized spacial score (nSPS) is 23.6. The summed E-state index contributed by atoms with van der Waals surface area (Å²) >= 11 is 0. The lowest BCUT2D eigenvalue weighted by Crippen LogP contribution is -2.43. The maximum Gasteiger partial charge on any atom is 0.339 e. The minimum absolute atomic E-state index is 0.0658. The molecular weight excluding hydrogens is 274 g/mol. The van der Waals surface area contributed by atoms with Crippen molar-refractivity contribution in [1.82, 2.24) is 0 Å². The Hall–Kier alpha value is -2.55. The van der Waals surface area contributed by atoms with E-state index in [1.165, 1.54) is 19.2 Å². The SMILES string of the molecule is COc1cc(C#N)c(O[C@H]2C[C@@](C)(C=O)C2)cc1C(=O)O. The van der Waals surface area contributed by atoms with Crippen molar-refractivity contribution in [2.45, 2.75) is 25.9 Å². The van der Waals surface area contributed by atoms with Gasteiger partial charge in [0.25, 0.3) is 0 Å². The smallest absolute Gasteiger partial charge is 0.339 e. The van der Waals surface area contributed by atoms with Crippen LogP contribution in [0.15, 0.2) is 12.1 Å². The van der Waals surface area contributed by atoms with Gasteiger partial charge in [0, 0.05) is 11.5 Å². The van der Waals surface area contributed by atoms with Gasteiger partial charge in [0.2, 0.25) is 0 Å². The van der Waals surface area contributed by atoms with Gasteiger partial charge in [0.05, 0.1) is 12.7 Å². The first kappa shape index (κ1) is 14.9. The van der Waals surface area contributed by atoms with Gasteiger partial charge in [-0.3, -0.25) is 0 Å². The largest absolute Gasteiger partial charge is 0.496 e. The molecule has 1 saturated carbocycles. The van der Waals surface area contributed by atoms with E-state index in [1.54, 1.807) is 0 Å². The van der Waals surface area contributed by atoms with Crippen molar-refractivity contribution in [1.29, 1.82) is 5.26 Å². The number of methoxy groups -OCH3 is 1. The van der Waals surface area contributed by atoms with Crippen molar-refractivity contribution in [3.05, 3.63) is 23.3 Å². The highest BCUT2D eigenvalue weighted by Gasteiger charge is 2.42. The predicted octanol–water partition coefficient (Wildman–Crippen LogP) is 2.01. The third kappa shape index (κ3) is 2.82. The topological polar surface area (TPSA) is 96.6 Å². The van der Waals surface area contributed by atoms with Crippen LogP contribution < -0.4 is 9.47 Å². The lowest BCUT2D eigenvalue weighted by Gasteiger charge is -2.40. The highest BCUT2D eigenvalue weighted by atomic mass is 16.5. The lowest BCUT2D eigenvalue weighted by molar-refractivity contribution is -0.124. The summed E-state index contributed by atoms with van der Waals surface area (Å²) in [4.78, 5) is 22.0. The zero-order chi connectivity index (χ0) is 15.6. The fourth-order valence-corrected chi connectivity index (χ4v) is 2.42. The minimum atomic E-state index is -1.16. The summed E-state index contributed by atoms with van der Waals surface area (Å²) in [6.07, 6.45) is 1.81. The number of carboxylic acids is 1. The van der Waals surface area contributed by atoms with Gasteiger partial charge in [-0.05, 0) is 18.9 Å². The Morgan fingerprint density at radius 3 is 2.62 bits per heavy atom. The van der Waals surface area contributed by atoms with Gasteiger partial charge in [-0.25, -0.2) is 4.79 Å². The molecule has 0 saturated heterocycles. The van der Waals surface area contributed by atoms with Gasteiger partial charge in [-0.1, -0.05) is 6.92 Å². The number of carboxylic acid groups (broad SMARTS) is 1. The Balaban J connectivity index is 2.27. The van der Waals surface area contributed by atoms with Crippen LogP contribution in [-0.4, -0.2) is 30.6 Å². The molecule has 0 spiro atoms. The van der Waals surface area contributed by atoms with Crippen LogP contribution in [0.3, 0.4) is 0 Å². The number of carbonyl (C=O) groups is 2. The molecule has 0 heterocycles. The van der Waals surface area contributed by atoms with Crippen LogP contribution in [0.4, 0.5) is 0 Å². The molecule has 1 aliphatic rings. The van der Waals surface area contributed by atoms with Crippen LogP contribution in [0.1, 0.15) is 35.7 Å². The number of rotatable bonds is 5. The number of nitrogens with zero attached hydrogens (tertiary/aromatic N) is 1. The van der Waals surface area contributed by atoms with Crippen molar-refractivity contribution < 1.29 is 24.2 Å². The monoisotopic (exact) mass is 289 g/mol. The Labute approximate surface area is 121 Å². The van der Waals surface area contributed by atoms with Crippen LogP contribution in [0.2, 0.25) is 0 Å². The molecule has 21 heavy (non-hydrogen) atoms. The summed E-state index contributed by atoms with van der Waals surface area (Å²) in [6.45, 7) is 1.84. The van der Waals surface area contributed by atoms with Gasteiger partial charge in [-0.2, -0.15) is 5.26 Å². The first-order chi connectivity index (χ1) is 9.92. The molecule has 1 aromatic rings. The van der Waals surface area contributed by atoms with Gasteiger partial charge in [-0.15, -0.1) is 0 Å². The van der Waals surface area contributed by atoms with Gasteiger partial charge >= 0.3 is 5.97 Å². The molecule has 1 aromatic carbocycles. The molecule has 0 radical (unpaired) electrons. The highest BCUT2D eigenvalue weighted by molar-refractivity contribution is 5.92. The summed E-state index contributed by atoms with van der Waals surface area (Å²) < 4.78 is 10.6. The minimum Gasteiger partial charge on any atom is -0.496 e. The van der Waals surface area contributed by atoms with Crippen LogP contribution in [0.5, 0.6) is 11.5 Å². The fourth-order valence-electron chi connectivity index (χ4n) is 2.42. The maximum atomic E-state index is 11.2. The van der Waals surface area contributed by atoms with E-state index < -0.39 is 5.97 Å². The third-order valence-corrected chi connectivity index (χ3v) is 3.62. The number of aldehydes is 1. The summed E-state index contributed by atoms with van der Waals surface area (Å²) in [5.41, 5.74) is -0.250. The van der Waals surface area contributed by atoms with E-state index in [4.69, 9.17) is 19.8 Å². The summed E-state index contributed by atoms with van der Waals surface area (Å²) in [5.74, 6) is -0.848. The summed E-state index contributed by atoms with van der Waals surface area (Å²) in [6, 6.07) is 4.59. The Morgan fingerprint density at radius 1 is 1.48 bits per heavy atom. The zero-order valence-electron chi connectivity index (χ0n) is 11.8. The molecule has 110 valence electrons. The second-order valence-corrected chi connectivity index (χ2v) is 5.39. The standard InChI is InChI=1S/C15H15NO5/c1-15(8-17)5-10(6-15)21-12-4-11(14(18)19)13(20-2)3-9(12)7-16/h3-4,8,10H,5-6H2,1-2H3,(H,18,19)/t10-,15+. The number of hydrogen-bond donors (Lipinski definition) is 1. The van der Waals surface area contributed by atoms with Crippen molar-refractivity contribution >= 4 is 12.3 Å². The van der Waals surface area contributed by atoms with E-state index in [2.05, 4.69) is 0 Å². The predicted molar refractivity (Wildman–Crippen MR) is 72.5 cm³/mol. The number of benzene rings is 1. The van der Waals surface area contributed by atoms with E-state index in [1.807, 2.05) is 13.0 Å². The third-order valence-electron chi connectivity index (χ3n) is 3.62. The first-order valence-corrected chi connectivity index (χ1v) is 6.41. The lowest BCUT2D eigenvalue weighted by atomic mass is 9.69. The molecular formula is C15H15NO5. The number of hydrogen-bond acceptors (Lipinski definition) is 5. The van der Waals surface area contributed by atoms with Gasteiger partial charge in [0.15, 0.2) is 0 Å². The van der Waals surface area contributed by atoms with Crippen molar-refractivity contribution in [3.63, 3.8) is 0 Å². The number of carbonyl (C=O) groups excluding carboxylic acids is 1. The Morgan fingerprint density at radius 2 is 2.14 bits per heavy atom. The van der Waals surface area contributed by atoms with E-state index in [-0.39, 0.29) is 34.1 Å². The molecule has 0 aromatic heterocycles. The molecule has 1 fully saturated rings. The molecule has 2 rings (SSSR count). The first-order valence-electron chi connectivity index (χ1n) is 6.41. The molecule has 0 unspecified atom stereocenters.